The predicted octanol–water partition coefficient (Wildman–Crippen LogP) is 9.90. The smallest absolute Gasteiger partial charge is 0.264 e. The average molecular weight is 843 g/mol. The van der Waals surface area contributed by atoms with Crippen LogP contribution in [0.4, 0.5) is 17.1 Å². The van der Waals surface area contributed by atoms with Crippen molar-refractivity contribution in [1.29, 1.82) is 0 Å². The first-order valence-electron chi connectivity index (χ1n) is 21.7. The van der Waals surface area contributed by atoms with Crippen LogP contribution in [0, 0.1) is 6.92 Å². The quantitative estimate of drug-likeness (QED) is 0.0958. The van der Waals surface area contributed by atoms with Crippen LogP contribution in [0.3, 0.4) is 0 Å². The molecule has 62 heavy (non-hydrogen) atoms. The molecular formula is C52H72N7O3+. The van der Waals surface area contributed by atoms with E-state index in [1.165, 1.54) is 44.5 Å². The van der Waals surface area contributed by atoms with Crippen LogP contribution in [0.2, 0.25) is 0 Å². The van der Waals surface area contributed by atoms with Gasteiger partial charge in [0.25, 0.3) is 5.56 Å². The lowest BCUT2D eigenvalue weighted by molar-refractivity contribution is -0.309. The van der Waals surface area contributed by atoms with Crippen molar-refractivity contribution in [3.63, 3.8) is 0 Å². The minimum absolute atomic E-state index is 0.0145. The molecule has 3 aromatic carbocycles. The molecule has 2 aliphatic rings. The van der Waals surface area contributed by atoms with Crippen molar-refractivity contribution in [1.82, 2.24) is 14.4 Å². The lowest BCUT2D eigenvalue weighted by Crippen LogP contribution is -2.33. The number of piperidine rings is 1. The number of methoxy groups -OCH3 is 1. The number of carbonyl (C=O) groups excluding carboxylic acids is 1. The molecule has 0 bridgehead atoms. The van der Waals surface area contributed by atoms with Crippen LogP contribution in [0.25, 0.3) is 32.7 Å². The summed E-state index contributed by atoms with van der Waals surface area (Å²) in [5, 5.41) is 2.65. The summed E-state index contributed by atoms with van der Waals surface area (Å²) in [5.74, 6) is 0.822. The molecule has 332 valence electrons. The maximum atomic E-state index is 12.9. The van der Waals surface area contributed by atoms with Gasteiger partial charge in [0.15, 0.2) is 0 Å². The summed E-state index contributed by atoms with van der Waals surface area (Å²) in [6.07, 6.45) is 13.8. The highest BCUT2D eigenvalue weighted by Crippen LogP contribution is 2.34. The number of benzene rings is 3. The van der Waals surface area contributed by atoms with Gasteiger partial charge in [-0.15, -0.1) is 0 Å². The molecule has 0 atom stereocenters. The van der Waals surface area contributed by atoms with Crippen LogP contribution >= 0.6 is 0 Å². The molecule has 5 aromatic rings. The van der Waals surface area contributed by atoms with Gasteiger partial charge >= 0.3 is 0 Å². The van der Waals surface area contributed by atoms with Gasteiger partial charge in [-0.3, -0.25) is 9.59 Å². The van der Waals surface area contributed by atoms with Gasteiger partial charge in [-0.1, -0.05) is 24.3 Å². The summed E-state index contributed by atoms with van der Waals surface area (Å²) in [6, 6.07) is 20.0. The summed E-state index contributed by atoms with van der Waals surface area (Å²) in [5.41, 5.74) is 13.0. The molecule has 10 nitrogen and oxygen atoms in total. The number of pyridine rings is 2. The number of rotatable bonds is 6. The Hall–Kier alpha value is -6.03. The zero-order chi connectivity index (χ0) is 45.8. The van der Waals surface area contributed by atoms with Crippen molar-refractivity contribution in [3.8, 4) is 5.75 Å². The largest absolute Gasteiger partial charge is 0.497 e. The van der Waals surface area contributed by atoms with E-state index in [1.54, 1.807) is 47.4 Å². The number of anilines is 3. The maximum Gasteiger partial charge on any atom is 0.264 e. The van der Waals surface area contributed by atoms with Crippen LogP contribution in [-0.4, -0.2) is 89.8 Å². The van der Waals surface area contributed by atoms with E-state index in [4.69, 9.17) is 4.74 Å². The van der Waals surface area contributed by atoms with Crippen LogP contribution in [0.1, 0.15) is 65.9 Å². The first kappa shape index (κ1) is 48.6. The topological polar surface area (TPSA) is 78.6 Å². The number of hydrogen-bond acceptors (Lipinski definition) is 7. The number of carbonyl (C=O) groups is 1. The number of ether oxygens (including phenoxy) is 1. The summed E-state index contributed by atoms with van der Waals surface area (Å²) < 4.78 is 7.01. The normalized spacial score (nSPS) is 14.4. The van der Waals surface area contributed by atoms with E-state index >= 15 is 0 Å². The van der Waals surface area contributed by atoms with Gasteiger partial charge in [0.2, 0.25) is 16.9 Å². The monoisotopic (exact) mass is 843 g/mol. The minimum Gasteiger partial charge on any atom is -0.497 e. The van der Waals surface area contributed by atoms with E-state index in [1.807, 2.05) is 135 Å². The summed E-state index contributed by atoms with van der Waals surface area (Å²) in [4.78, 5) is 38.0. The lowest BCUT2D eigenvalue weighted by atomic mass is 9.92. The molecule has 4 heterocycles. The fourth-order valence-corrected chi connectivity index (χ4v) is 7.97. The van der Waals surface area contributed by atoms with Gasteiger partial charge in [0, 0.05) is 111 Å². The summed E-state index contributed by atoms with van der Waals surface area (Å²) in [7, 11) is 17.3. The Morgan fingerprint density at radius 1 is 0.806 bits per heavy atom. The summed E-state index contributed by atoms with van der Waals surface area (Å²) in [6.45, 7) is 14.7. The van der Waals surface area contributed by atoms with E-state index < -0.39 is 0 Å². The molecule has 10 heteroatoms. The SMILES string of the molecule is C/C=C1/CCCN2CCCC(C)=C12.C/C=C\C(=C/C)N(C)C.CC(=O)N(C)c1cc(N(C)C)ccc1C.COc1ccc2[nH+]c3c(cc2c1)c(=O)n(C)c1cc(N(C)C)ccc31. The minimum atomic E-state index is -0.0145. The van der Waals surface area contributed by atoms with Gasteiger partial charge in [-0.05, 0) is 132 Å². The molecule has 0 radical (unpaired) electrons. The molecule has 7 rings (SSSR count). The number of aryl methyl sites for hydroxylation is 2. The second-order valence-electron chi connectivity index (χ2n) is 16.7. The first-order valence-corrected chi connectivity index (χ1v) is 21.7. The number of allylic oxidation sites excluding steroid dienone is 6. The van der Waals surface area contributed by atoms with Gasteiger partial charge in [0.05, 0.1) is 23.4 Å². The number of nitrogens with one attached hydrogen (secondary N) is 1. The van der Waals surface area contributed by atoms with Crippen molar-refractivity contribution in [2.24, 2.45) is 7.05 Å². The van der Waals surface area contributed by atoms with E-state index in [2.05, 4.69) is 59.0 Å². The predicted molar refractivity (Wildman–Crippen MR) is 265 cm³/mol. The number of nitrogens with zero attached hydrogens (tertiary/aromatic N) is 6. The van der Waals surface area contributed by atoms with E-state index in [9.17, 15) is 9.59 Å². The molecule has 0 unspecified atom stereocenters. The lowest BCUT2D eigenvalue weighted by Gasteiger charge is -2.38. The third kappa shape index (κ3) is 11.7. The summed E-state index contributed by atoms with van der Waals surface area (Å²) >= 11 is 0. The van der Waals surface area contributed by atoms with Gasteiger partial charge in [-0.2, -0.15) is 0 Å². The third-order valence-corrected chi connectivity index (χ3v) is 11.7. The second kappa shape index (κ2) is 22.2. The Bertz CT molecular complexity index is 2540. The number of aromatic amines is 1. The van der Waals surface area contributed by atoms with Crippen molar-refractivity contribution >= 4 is 55.7 Å². The molecule has 1 N–H and O–H groups in total. The highest BCUT2D eigenvalue weighted by Gasteiger charge is 2.23. The molecule has 1 saturated heterocycles. The molecule has 0 saturated carbocycles. The van der Waals surface area contributed by atoms with Crippen molar-refractivity contribution in [3.05, 3.63) is 123 Å². The number of fused-ring (bicyclic) bond motifs is 5. The fourth-order valence-electron chi connectivity index (χ4n) is 7.97. The second-order valence-corrected chi connectivity index (χ2v) is 16.7. The molecule has 1 amide bonds. The van der Waals surface area contributed by atoms with E-state index in [0.29, 0.717) is 5.39 Å². The van der Waals surface area contributed by atoms with Crippen LogP contribution in [0.5, 0.6) is 5.75 Å². The zero-order valence-corrected chi connectivity index (χ0v) is 40.2. The van der Waals surface area contributed by atoms with Crippen LogP contribution in [0.15, 0.2) is 112 Å². The highest BCUT2D eigenvalue weighted by molar-refractivity contribution is 6.04. The van der Waals surface area contributed by atoms with Crippen molar-refractivity contribution in [2.75, 3.05) is 84.2 Å². The zero-order valence-electron chi connectivity index (χ0n) is 40.2. The highest BCUT2D eigenvalue weighted by atomic mass is 16.5. The number of aromatic nitrogens is 2. The first-order chi connectivity index (χ1) is 29.5. The molecule has 2 aromatic heterocycles. The molecular weight excluding hydrogens is 771 g/mol. The van der Waals surface area contributed by atoms with Gasteiger partial charge < -0.3 is 33.8 Å². The molecule has 0 aliphatic carbocycles. The number of likely N-dealkylation sites (N-methyl/N-ethyl adjacent to an activating group) is 1. The fraction of sp³-hybridized carbons (Fsp3) is 0.404. The van der Waals surface area contributed by atoms with E-state index in [0.717, 1.165) is 55.7 Å². The van der Waals surface area contributed by atoms with Crippen molar-refractivity contribution in [2.45, 2.75) is 67.2 Å². The van der Waals surface area contributed by atoms with Gasteiger partial charge in [-0.25, -0.2) is 4.98 Å². The number of amides is 1. The Morgan fingerprint density at radius 2 is 1.45 bits per heavy atom. The Balaban J connectivity index is 0.000000197. The third-order valence-electron chi connectivity index (χ3n) is 11.7. The molecule has 0 spiro atoms. The van der Waals surface area contributed by atoms with E-state index in [-0.39, 0.29) is 11.5 Å². The molecule has 2 aliphatic heterocycles. The van der Waals surface area contributed by atoms with Crippen LogP contribution < -0.4 is 30.0 Å². The number of hydrogen-bond donors (Lipinski definition) is 0. The Morgan fingerprint density at radius 3 is 2.02 bits per heavy atom. The standard InChI is InChI=1S/C20H19N3O2.C12H18N2O.C12H19N.C8H15N/c1-22(2)13-5-7-15-18(11-13)23(3)20(24)16-10-12-9-14(25-4)6-8-17(12)21-19(15)16;1-9-6-7-11(13(3)4)8-12(9)14(5)10(2)15;1-3-11-7-5-9-13-8-4-6-10(2)12(11)13;1-5-7-8(6-2)9(3)4/h5-11H,1-4H3;6-8H,1-5H3;3H,4-9H2,1-2H3;5-7H,1-4H3/p+1/b;;11-3-;7-5-,8-6+. The Labute approximate surface area is 371 Å². The maximum absolute atomic E-state index is 12.9. The Kier molecular flexibility index (Phi) is 17.4. The van der Waals surface area contributed by atoms with Crippen LogP contribution in [-0.2, 0) is 11.8 Å². The van der Waals surface area contributed by atoms with Crippen molar-refractivity contribution < 1.29 is 14.5 Å². The van der Waals surface area contributed by atoms with Gasteiger partial charge in [0.1, 0.15) is 11.1 Å². The molecule has 1 fully saturated rings. The average Bonchev–Trinajstić information content (AvgIpc) is 3.26. The number of H-pyrrole nitrogens is 1.